The summed E-state index contributed by atoms with van der Waals surface area (Å²) in [6.07, 6.45) is 0. The highest BCUT2D eigenvalue weighted by Gasteiger charge is 2.11. The second kappa shape index (κ2) is 10.6. The molecule has 0 radical (unpaired) electrons. The van der Waals surface area contributed by atoms with Crippen LogP contribution in [0.1, 0.15) is 27.6 Å². The van der Waals surface area contributed by atoms with Crippen molar-refractivity contribution in [1.82, 2.24) is 5.32 Å². The molecule has 0 saturated carbocycles. The van der Waals surface area contributed by atoms with Gasteiger partial charge in [0, 0.05) is 11.3 Å². The second-order valence-electron chi connectivity index (χ2n) is 6.47. The number of hydrogen-bond donors (Lipinski definition) is 2. The van der Waals surface area contributed by atoms with Crippen molar-refractivity contribution in [2.75, 3.05) is 18.5 Å². The molecule has 0 spiro atoms. The van der Waals surface area contributed by atoms with E-state index in [1.54, 1.807) is 49.4 Å². The van der Waals surface area contributed by atoms with Crippen LogP contribution in [0.3, 0.4) is 0 Å². The zero-order valence-electron chi connectivity index (χ0n) is 17.0. The number of benzene rings is 3. The van der Waals surface area contributed by atoms with Gasteiger partial charge in [-0.1, -0.05) is 24.3 Å². The molecule has 0 saturated heterocycles. The lowest BCUT2D eigenvalue weighted by Gasteiger charge is -2.09. The highest BCUT2D eigenvalue weighted by Crippen LogP contribution is 2.21. The Hall–Kier alpha value is -4.13. The van der Waals surface area contributed by atoms with Crippen molar-refractivity contribution >= 4 is 23.5 Å². The number of nitrogens with one attached hydrogen (secondary N) is 2. The first kappa shape index (κ1) is 21.6. The van der Waals surface area contributed by atoms with Gasteiger partial charge in [0.05, 0.1) is 18.7 Å². The minimum atomic E-state index is -0.466. The van der Waals surface area contributed by atoms with Gasteiger partial charge in [-0.25, -0.2) is 4.79 Å². The summed E-state index contributed by atoms with van der Waals surface area (Å²) in [4.78, 5) is 36.2. The fourth-order valence-electron chi connectivity index (χ4n) is 2.71. The zero-order chi connectivity index (χ0) is 22.1. The molecule has 158 valence electrons. The molecule has 7 nitrogen and oxygen atoms in total. The molecule has 3 aromatic carbocycles. The Kier molecular flexibility index (Phi) is 7.37. The summed E-state index contributed by atoms with van der Waals surface area (Å²) < 4.78 is 10.6. The summed E-state index contributed by atoms with van der Waals surface area (Å²) in [6, 6.07) is 22.3. The third-order valence-electron chi connectivity index (χ3n) is 4.16. The van der Waals surface area contributed by atoms with E-state index in [4.69, 9.17) is 9.47 Å². The van der Waals surface area contributed by atoms with E-state index < -0.39 is 11.9 Å². The molecule has 0 aromatic heterocycles. The van der Waals surface area contributed by atoms with Crippen molar-refractivity contribution < 1.29 is 23.9 Å². The predicted octanol–water partition coefficient (Wildman–Crippen LogP) is 4.02. The van der Waals surface area contributed by atoms with E-state index in [1.807, 2.05) is 30.3 Å². The summed E-state index contributed by atoms with van der Waals surface area (Å²) >= 11 is 0. The molecule has 0 aliphatic heterocycles. The second-order valence-corrected chi connectivity index (χ2v) is 6.47. The highest BCUT2D eigenvalue weighted by atomic mass is 16.5. The van der Waals surface area contributed by atoms with E-state index in [0.29, 0.717) is 28.3 Å². The molecule has 3 aromatic rings. The number of carbonyl (C=O) groups is 3. The van der Waals surface area contributed by atoms with Crippen LogP contribution >= 0.6 is 0 Å². The van der Waals surface area contributed by atoms with E-state index in [-0.39, 0.29) is 19.1 Å². The van der Waals surface area contributed by atoms with Gasteiger partial charge < -0.3 is 20.1 Å². The molecular formula is C24H22N2O5. The maximum Gasteiger partial charge on any atom is 0.338 e. The van der Waals surface area contributed by atoms with Gasteiger partial charge in [-0.2, -0.15) is 0 Å². The lowest BCUT2D eigenvalue weighted by atomic mass is 10.2. The Morgan fingerprint density at radius 3 is 2.23 bits per heavy atom. The molecule has 0 unspecified atom stereocenters. The maximum absolute atomic E-state index is 12.3. The topological polar surface area (TPSA) is 93.7 Å². The normalized spacial score (nSPS) is 10.1. The number of hydrogen-bond acceptors (Lipinski definition) is 5. The molecule has 0 atom stereocenters. The SMILES string of the molecule is CCOC(=O)c1cccc(NC(=O)CNC(=O)c2ccc(Oc3ccccc3)cc2)c1. The Bertz CT molecular complexity index is 1050. The first-order valence-electron chi connectivity index (χ1n) is 9.73. The van der Waals surface area contributed by atoms with E-state index in [2.05, 4.69) is 10.6 Å². The highest BCUT2D eigenvalue weighted by molar-refractivity contribution is 6.00. The Balaban J connectivity index is 1.50. The molecule has 0 aliphatic carbocycles. The van der Waals surface area contributed by atoms with Gasteiger partial charge in [-0.05, 0) is 61.5 Å². The van der Waals surface area contributed by atoms with Crippen LogP contribution in [0.2, 0.25) is 0 Å². The summed E-state index contributed by atoms with van der Waals surface area (Å²) in [5, 5.41) is 5.20. The largest absolute Gasteiger partial charge is 0.462 e. The van der Waals surface area contributed by atoms with Crippen molar-refractivity contribution in [2.24, 2.45) is 0 Å². The molecule has 0 fully saturated rings. The number of ether oxygens (including phenoxy) is 2. The lowest BCUT2D eigenvalue weighted by molar-refractivity contribution is -0.115. The molecule has 0 heterocycles. The molecular weight excluding hydrogens is 396 g/mol. The summed E-state index contributed by atoms with van der Waals surface area (Å²) in [6.45, 7) is 1.77. The monoisotopic (exact) mass is 418 g/mol. The molecule has 7 heteroatoms. The molecule has 2 N–H and O–H groups in total. The molecule has 3 rings (SSSR count). The van der Waals surface area contributed by atoms with Crippen LogP contribution < -0.4 is 15.4 Å². The van der Waals surface area contributed by atoms with E-state index in [0.717, 1.165) is 0 Å². The van der Waals surface area contributed by atoms with Crippen molar-refractivity contribution in [3.05, 3.63) is 90.0 Å². The minimum absolute atomic E-state index is 0.218. The summed E-state index contributed by atoms with van der Waals surface area (Å²) in [7, 11) is 0. The zero-order valence-corrected chi connectivity index (χ0v) is 17.0. The Morgan fingerprint density at radius 2 is 1.52 bits per heavy atom. The van der Waals surface area contributed by atoms with Gasteiger partial charge in [0.15, 0.2) is 0 Å². The smallest absolute Gasteiger partial charge is 0.338 e. The van der Waals surface area contributed by atoms with Crippen molar-refractivity contribution in [2.45, 2.75) is 6.92 Å². The van der Waals surface area contributed by atoms with Gasteiger partial charge in [0.1, 0.15) is 11.5 Å². The van der Waals surface area contributed by atoms with Crippen LogP contribution in [-0.4, -0.2) is 30.9 Å². The molecule has 0 aliphatic rings. The van der Waals surface area contributed by atoms with Gasteiger partial charge in [0.2, 0.25) is 5.91 Å². The number of para-hydroxylation sites is 1. The third kappa shape index (κ3) is 6.43. The number of esters is 1. The quantitative estimate of drug-likeness (QED) is 0.539. The predicted molar refractivity (Wildman–Crippen MR) is 116 cm³/mol. The Labute approximate surface area is 180 Å². The number of carbonyl (C=O) groups excluding carboxylic acids is 3. The number of anilines is 1. The molecule has 2 amide bonds. The molecule has 31 heavy (non-hydrogen) atoms. The van der Waals surface area contributed by atoms with Gasteiger partial charge in [0.25, 0.3) is 5.91 Å². The van der Waals surface area contributed by atoms with E-state index in [9.17, 15) is 14.4 Å². The van der Waals surface area contributed by atoms with Crippen molar-refractivity contribution in [1.29, 1.82) is 0 Å². The average molecular weight is 418 g/mol. The van der Waals surface area contributed by atoms with Crippen LogP contribution in [0.25, 0.3) is 0 Å². The maximum atomic E-state index is 12.3. The van der Waals surface area contributed by atoms with Gasteiger partial charge in [-0.15, -0.1) is 0 Å². The number of amides is 2. The standard InChI is InChI=1S/C24H22N2O5/c1-2-30-24(29)18-7-6-8-19(15-18)26-22(27)16-25-23(28)17-11-13-21(14-12-17)31-20-9-4-3-5-10-20/h3-15H,2,16H2,1H3,(H,25,28)(H,26,27). The van der Waals surface area contributed by atoms with Crippen LogP contribution in [0, 0.1) is 0 Å². The van der Waals surface area contributed by atoms with Gasteiger partial charge >= 0.3 is 5.97 Å². The van der Waals surface area contributed by atoms with E-state index in [1.165, 1.54) is 6.07 Å². The minimum Gasteiger partial charge on any atom is -0.462 e. The van der Waals surface area contributed by atoms with Crippen molar-refractivity contribution in [3.63, 3.8) is 0 Å². The fourth-order valence-corrected chi connectivity index (χ4v) is 2.71. The van der Waals surface area contributed by atoms with Crippen LogP contribution in [0.4, 0.5) is 5.69 Å². The van der Waals surface area contributed by atoms with Gasteiger partial charge in [-0.3, -0.25) is 9.59 Å². The summed E-state index contributed by atoms with van der Waals surface area (Å²) in [5.41, 5.74) is 1.17. The Morgan fingerprint density at radius 1 is 0.806 bits per heavy atom. The average Bonchev–Trinajstić information content (AvgIpc) is 2.79. The van der Waals surface area contributed by atoms with E-state index >= 15 is 0 Å². The van der Waals surface area contributed by atoms with Crippen molar-refractivity contribution in [3.8, 4) is 11.5 Å². The van der Waals surface area contributed by atoms with Crippen LogP contribution in [-0.2, 0) is 9.53 Å². The van der Waals surface area contributed by atoms with Crippen LogP contribution in [0.15, 0.2) is 78.9 Å². The lowest BCUT2D eigenvalue weighted by Crippen LogP contribution is -2.32. The fraction of sp³-hybridized carbons (Fsp3) is 0.125. The first-order valence-corrected chi connectivity index (χ1v) is 9.73. The summed E-state index contributed by atoms with van der Waals surface area (Å²) in [5.74, 6) is 0.0250. The number of rotatable bonds is 8. The molecule has 0 bridgehead atoms. The van der Waals surface area contributed by atoms with Crippen LogP contribution in [0.5, 0.6) is 11.5 Å². The first-order chi connectivity index (χ1) is 15.0. The third-order valence-corrected chi connectivity index (χ3v) is 4.16.